The highest BCUT2D eigenvalue weighted by Crippen LogP contribution is 2.00. The number of carbonyl (C=O) groups is 1. The van der Waals surface area contributed by atoms with E-state index < -0.39 is 17.2 Å². The highest BCUT2D eigenvalue weighted by atomic mass is 79.9. The summed E-state index contributed by atoms with van der Waals surface area (Å²) in [6, 6.07) is 9.56. The largest absolute Gasteiger partial charge is 0.375 e. The molecular formula is C16H17BrN2O5. The van der Waals surface area contributed by atoms with Gasteiger partial charge < -0.3 is 9.57 Å². The van der Waals surface area contributed by atoms with Crippen molar-refractivity contribution in [2.24, 2.45) is 0 Å². The van der Waals surface area contributed by atoms with Crippen molar-refractivity contribution in [2.75, 3.05) is 6.61 Å². The molecule has 128 valence electrons. The molecule has 2 rings (SSSR count). The molecule has 0 aliphatic rings. The Bertz CT molecular complexity index is 813. The molecule has 7 nitrogen and oxygen atoms in total. The van der Waals surface area contributed by atoms with Gasteiger partial charge in [-0.3, -0.25) is 9.36 Å². The van der Waals surface area contributed by atoms with Gasteiger partial charge in [0.25, 0.3) is 5.56 Å². The summed E-state index contributed by atoms with van der Waals surface area (Å²) in [7, 11) is 0. The number of alkyl halides is 1. The quantitative estimate of drug-likeness (QED) is 0.517. The van der Waals surface area contributed by atoms with Gasteiger partial charge in [-0.2, -0.15) is 0 Å². The molecule has 0 radical (unpaired) electrons. The second kappa shape index (κ2) is 8.60. The van der Waals surface area contributed by atoms with E-state index in [0.29, 0.717) is 12.2 Å². The van der Waals surface area contributed by atoms with Crippen molar-refractivity contribution in [3.8, 4) is 0 Å². The van der Waals surface area contributed by atoms with Gasteiger partial charge in [0.1, 0.15) is 0 Å². The number of hydrogen-bond donors (Lipinski definition) is 0. The van der Waals surface area contributed by atoms with Crippen LogP contribution in [-0.4, -0.2) is 21.9 Å². The fraction of sp³-hybridized carbons (Fsp3) is 0.312. The molecule has 0 N–H and O–H groups in total. The van der Waals surface area contributed by atoms with E-state index >= 15 is 0 Å². The Morgan fingerprint density at radius 2 is 1.92 bits per heavy atom. The smallest absolute Gasteiger partial charge is 0.364 e. The Morgan fingerprint density at radius 3 is 2.54 bits per heavy atom. The average molecular weight is 397 g/mol. The van der Waals surface area contributed by atoms with Crippen LogP contribution >= 0.6 is 15.9 Å². The number of hydrogen-bond acceptors (Lipinski definition) is 5. The summed E-state index contributed by atoms with van der Waals surface area (Å²) < 4.78 is 7.25. The maximum atomic E-state index is 12.2. The molecule has 0 spiro atoms. The lowest BCUT2D eigenvalue weighted by Crippen LogP contribution is -2.44. The van der Waals surface area contributed by atoms with E-state index in [-0.39, 0.29) is 18.5 Å². The third-order valence-corrected chi connectivity index (χ3v) is 3.76. The van der Waals surface area contributed by atoms with Crippen LogP contribution in [0.1, 0.15) is 18.1 Å². The summed E-state index contributed by atoms with van der Waals surface area (Å²) in [6.07, 6.45) is 1.21. The Hall–Kier alpha value is -2.19. The number of ether oxygens (including phenoxy) is 1. The van der Waals surface area contributed by atoms with Crippen molar-refractivity contribution in [3.63, 3.8) is 0 Å². The minimum absolute atomic E-state index is 0.0621. The van der Waals surface area contributed by atoms with E-state index in [1.54, 1.807) is 0 Å². The molecule has 0 bridgehead atoms. The number of aromatic nitrogens is 2. The van der Waals surface area contributed by atoms with Crippen LogP contribution in [0.3, 0.4) is 0 Å². The van der Waals surface area contributed by atoms with Gasteiger partial charge in [0.05, 0.1) is 26.0 Å². The van der Waals surface area contributed by atoms with Crippen molar-refractivity contribution < 1.29 is 14.4 Å². The minimum Gasteiger partial charge on any atom is -0.375 e. The topological polar surface area (TPSA) is 79.5 Å². The van der Waals surface area contributed by atoms with E-state index in [9.17, 15) is 14.4 Å². The summed E-state index contributed by atoms with van der Waals surface area (Å²) in [6.45, 7) is 1.80. The number of benzene rings is 1. The first-order chi connectivity index (χ1) is 11.5. The normalized spacial score (nSPS) is 10.6. The standard InChI is InChI=1S/C16H17BrN2O5/c1-12(20)24-19-10-14(9-17)15(21)18(16(19)22)7-8-23-11-13-5-3-2-4-6-13/h2-6,10H,7-9,11H2,1H3. The Kier molecular flexibility index (Phi) is 6.51. The lowest BCUT2D eigenvalue weighted by atomic mass is 10.2. The average Bonchev–Trinajstić information content (AvgIpc) is 2.57. The molecule has 0 saturated carbocycles. The zero-order valence-corrected chi connectivity index (χ0v) is 14.7. The van der Waals surface area contributed by atoms with E-state index in [2.05, 4.69) is 15.9 Å². The number of rotatable bonds is 7. The monoisotopic (exact) mass is 396 g/mol. The summed E-state index contributed by atoms with van der Waals surface area (Å²) in [5, 5.41) is 0.234. The summed E-state index contributed by atoms with van der Waals surface area (Å²) >= 11 is 3.18. The minimum atomic E-state index is -0.719. The first-order valence-corrected chi connectivity index (χ1v) is 8.37. The predicted molar refractivity (Wildman–Crippen MR) is 91.0 cm³/mol. The first kappa shape index (κ1) is 18.2. The van der Waals surface area contributed by atoms with Crippen LogP contribution in [0.15, 0.2) is 46.1 Å². The van der Waals surface area contributed by atoms with Gasteiger partial charge >= 0.3 is 11.7 Å². The van der Waals surface area contributed by atoms with Crippen molar-refractivity contribution >= 4 is 21.9 Å². The van der Waals surface area contributed by atoms with Crippen molar-refractivity contribution in [1.82, 2.24) is 9.30 Å². The third kappa shape index (κ3) is 4.65. The van der Waals surface area contributed by atoms with E-state index in [4.69, 9.17) is 9.57 Å². The molecule has 2 aromatic rings. The van der Waals surface area contributed by atoms with Crippen molar-refractivity contribution in [2.45, 2.75) is 25.4 Å². The molecule has 0 aliphatic carbocycles. The molecule has 0 aliphatic heterocycles. The molecule has 0 saturated heterocycles. The molecule has 1 heterocycles. The molecule has 24 heavy (non-hydrogen) atoms. The molecule has 1 aromatic heterocycles. The molecule has 0 fully saturated rings. The lowest BCUT2D eigenvalue weighted by Gasteiger charge is -2.11. The lowest BCUT2D eigenvalue weighted by molar-refractivity contribution is -0.142. The Labute approximate surface area is 146 Å². The maximum absolute atomic E-state index is 12.2. The first-order valence-electron chi connectivity index (χ1n) is 7.25. The Morgan fingerprint density at radius 1 is 1.21 bits per heavy atom. The zero-order valence-electron chi connectivity index (χ0n) is 13.1. The van der Waals surface area contributed by atoms with E-state index in [1.165, 1.54) is 13.1 Å². The summed E-state index contributed by atoms with van der Waals surface area (Å²) in [5.74, 6) is -0.650. The number of halogens is 1. The van der Waals surface area contributed by atoms with E-state index in [0.717, 1.165) is 14.9 Å². The third-order valence-electron chi connectivity index (χ3n) is 3.15. The molecule has 8 heteroatoms. The fourth-order valence-electron chi connectivity index (χ4n) is 2.04. The van der Waals surface area contributed by atoms with Gasteiger partial charge in [0.15, 0.2) is 0 Å². The van der Waals surface area contributed by atoms with Gasteiger partial charge in [-0.05, 0) is 5.56 Å². The predicted octanol–water partition coefficient (Wildman–Crippen LogP) is 1.10. The second-order valence-electron chi connectivity index (χ2n) is 4.97. The van der Waals surface area contributed by atoms with Crippen LogP contribution in [-0.2, 0) is 28.0 Å². The van der Waals surface area contributed by atoms with Gasteiger partial charge in [-0.15, -0.1) is 4.73 Å². The van der Waals surface area contributed by atoms with Gasteiger partial charge in [-0.25, -0.2) is 9.59 Å². The molecule has 0 amide bonds. The number of carbonyl (C=O) groups excluding carboxylic acids is 1. The Balaban J connectivity index is 2.12. The highest BCUT2D eigenvalue weighted by molar-refractivity contribution is 9.08. The number of nitrogens with zero attached hydrogens (tertiary/aromatic N) is 2. The fourth-order valence-corrected chi connectivity index (χ4v) is 2.43. The van der Waals surface area contributed by atoms with Crippen LogP contribution in [0.5, 0.6) is 0 Å². The zero-order chi connectivity index (χ0) is 17.5. The summed E-state index contributed by atoms with van der Waals surface area (Å²) in [4.78, 5) is 40.4. The van der Waals surface area contributed by atoms with Gasteiger partial charge in [-0.1, -0.05) is 46.3 Å². The van der Waals surface area contributed by atoms with Crippen LogP contribution in [0, 0.1) is 0 Å². The maximum Gasteiger partial charge on any atom is 0.364 e. The van der Waals surface area contributed by atoms with E-state index in [1.807, 2.05) is 30.3 Å². The van der Waals surface area contributed by atoms with Gasteiger partial charge in [0.2, 0.25) is 0 Å². The van der Waals surface area contributed by atoms with Crippen LogP contribution in [0.25, 0.3) is 0 Å². The summed E-state index contributed by atoms with van der Waals surface area (Å²) in [5.41, 5.74) is 0.141. The second-order valence-corrected chi connectivity index (χ2v) is 5.53. The van der Waals surface area contributed by atoms with Crippen LogP contribution in [0.2, 0.25) is 0 Å². The molecular weight excluding hydrogens is 380 g/mol. The highest BCUT2D eigenvalue weighted by Gasteiger charge is 2.12. The molecule has 0 unspecified atom stereocenters. The van der Waals surface area contributed by atoms with Crippen molar-refractivity contribution in [1.29, 1.82) is 0 Å². The molecule has 1 aromatic carbocycles. The van der Waals surface area contributed by atoms with Crippen molar-refractivity contribution in [3.05, 3.63) is 68.5 Å². The molecule has 0 atom stereocenters. The van der Waals surface area contributed by atoms with Gasteiger partial charge in [0, 0.05) is 17.8 Å². The van der Waals surface area contributed by atoms with Crippen LogP contribution < -0.4 is 16.1 Å². The SMILES string of the molecule is CC(=O)On1cc(CBr)c(=O)n(CCOCc2ccccc2)c1=O. The van der Waals surface area contributed by atoms with Crippen LogP contribution in [0.4, 0.5) is 0 Å².